The first-order chi connectivity index (χ1) is 12.3. The Morgan fingerprint density at radius 1 is 1.08 bits per heavy atom. The van der Waals surface area contributed by atoms with Gasteiger partial charge in [0, 0.05) is 26.1 Å². The minimum atomic E-state index is 0. The van der Waals surface area contributed by atoms with Crippen LogP contribution < -0.4 is 15.4 Å². The number of methoxy groups -OCH3 is 1. The molecular formula is C20H28IN3O2. The van der Waals surface area contributed by atoms with E-state index in [1.54, 1.807) is 14.2 Å². The molecule has 1 unspecified atom stereocenters. The molecule has 0 aromatic heterocycles. The summed E-state index contributed by atoms with van der Waals surface area (Å²) in [5, 5.41) is 16.2. The molecule has 0 aliphatic heterocycles. The second-order valence-electron chi connectivity index (χ2n) is 5.77. The predicted molar refractivity (Wildman–Crippen MR) is 118 cm³/mol. The number of hydrogen-bond acceptors (Lipinski definition) is 3. The molecule has 2 aromatic rings. The van der Waals surface area contributed by atoms with E-state index in [1.165, 1.54) is 5.56 Å². The number of benzene rings is 2. The summed E-state index contributed by atoms with van der Waals surface area (Å²) in [5.74, 6) is 1.65. The number of nitrogens with one attached hydrogen (secondary N) is 2. The van der Waals surface area contributed by atoms with Crippen molar-refractivity contribution in [1.29, 1.82) is 0 Å². The van der Waals surface area contributed by atoms with E-state index in [0.29, 0.717) is 6.54 Å². The van der Waals surface area contributed by atoms with Crippen LogP contribution in [0.1, 0.15) is 17.0 Å². The Morgan fingerprint density at radius 2 is 1.77 bits per heavy atom. The van der Waals surface area contributed by atoms with Gasteiger partial charge in [0.25, 0.3) is 0 Å². The van der Waals surface area contributed by atoms with Crippen LogP contribution in [0.2, 0.25) is 0 Å². The fourth-order valence-corrected chi connectivity index (χ4v) is 2.57. The largest absolute Gasteiger partial charge is 0.497 e. The third-order valence-electron chi connectivity index (χ3n) is 4.10. The van der Waals surface area contributed by atoms with Gasteiger partial charge in [-0.3, -0.25) is 4.99 Å². The monoisotopic (exact) mass is 469 g/mol. The molecule has 0 spiro atoms. The first-order valence-corrected chi connectivity index (χ1v) is 8.50. The number of guanidine groups is 1. The van der Waals surface area contributed by atoms with Crippen molar-refractivity contribution < 1.29 is 9.84 Å². The second-order valence-corrected chi connectivity index (χ2v) is 5.77. The molecule has 0 radical (unpaired) electrons. The summed E-state index contributed by atoms with van der Waals surface area (Å²) < 4.78 is 5.17. The molecular weight excluding hydrogens is 441 g/mol. The lowest BCUT2D eigenvalue weighted by Crippen LogP contribution is -2.40. The number of hydrogen-bond donors (Lipinski definition) is 3. The highest BCUT2D eigenvalue weighted by Gasteiger charge is 2.10. The van der Waals surface area contributed by atoms with Crippen molar-refractivity contribution >= 4 is 29.9 Å². The summed E-state index contributed by atoms with van der Waals surface area (Å²) in [6.07, 6.45) is 0.896. The normalized spacial score (nSPS) is 12.0. The van der Waals surface area contributed by atoms with Crippen molar-refractivity contribution in [2.75, 3.05) is 33.9 Å². The molecule has 0 bridgehead atoms. The molecule has 26 heavy (non-hydrogen) atoms. The van der Waals surface area contributed by atoms with Gasteiger partial charge in [-0.15, -0.1) is 24.0 Å². The Bertz CT molecular complexity index is 648. The van der Waals surface area contributed by atoms with Crippen molar-refractivity contribution in [3.05, 3.63) is 65.7 Å². The van der Waals surface area contributed by atoms with Crippen LogP contribution in [0.5, 0.6) is 5.75 Å². The SMILES string of the molecule is CN=C(NCCc1ccc(OC)cc1)NCC(CO)c1ccccc1.I. The summed E-state index contributed by atoms with van der Waals surface area (Å²) in [6, 6.07) is 18.1. The maximum Gasteiger partial charge on any atom is 0.191 e. The zero-order chi connectivity index (χ0) is 17.9. The summed E-state index contributed by atoms with van der Waals surface area (Å²) >= 11 is 0. The van der Waals surface area contributed by atoms with Gasteiger partial charge < -0.3 is 20.5 Å². The lowest BCUT2D eigenvalue weighted by molar-refractivity contribution is 0.265. The van der Waals surface area contributed by atoms with E-state index in [4.69, 9.17) is 4.74 Å². The van der Waals surface area contributed by atoms with Crippen molar-refractivity contribution in [1.82, 2.24) is 10.6 Å². The molecule has 5 nitrogen and oxygen atoms in total. The van der Waals surface area contributed by atoms with Crippen molar-refractivity contribution in [3.8, 4) is 5.75 Å². The van der Waals surface area contributed by atoms with E-state index in [0.717, 1.165) is 30.2 Å². The Morgan fingerprint density at radius 3 is 2.35 bits per heavy atom. The van der Waals surface area contributed by atoms with Gasteiger partial charge in [0.2, 0.25) is 0 Å². The smallest absolute Gasteiger partial charge is 0.191 e. The van der Waals surface area contributed by atoms with Crippen LogP contribution in [0.4, 0.5) is 0 Å². The molecule has 2 aromatic carbocycles. The lowest BCUT2D eigenvalue weighted by atomic mass is 10.0. The Hall–Kier alpha value is -1.80. The Labute approximate surface area is 172 Å². The minimum Gasteiger partial charge on any atom is -0.497 e. The molecule has 0 aliphatic rings. The van der Waals surface area contributed by atoms with E-state index >= 15 is 0 Å². The molecule has 0 aliphatic carbocycles. The summed E-state index contributed by atoms with van der Waals surface area (Å²) in [6.45, 7) is 1.50. The highest BCUT2D eigenvalue weighted by Crippen LogP contribution is 2.13. The fraction of sp³-hybridized carbons (Fsp3) is 0.350. The second kappa shape index (κ2) is 12.5. The van der Waals surface area contributed by atoms with Gasteiger partial charge in [-0.1, -0.05) is 42.5 Å². The summed E-state index contributed by atoms with van der Waals surface area (Å²) in [4.78, 5) is 4.24. The average Bonchev–Trinajstić information content (AvgIpc) is 2.68. The standard InChI is InChI=1S/C20H27N3O2.HI/c1-21-20(22-13-12-16-8-10-19(25-2)11-9-16)23-14-18(15-24)17-6-4-3-5-7-17;/h3-11,18,24H,12-15H2,1-2H3,(H2,21,22,23);1H. The average molecular weight is 469 g/mol. The molecule has 1 atom stereocenters. The summed E-state index contributed by atoms with van der Waals surface area (Å²) in [7, 11) is 3.42. The van der Waals surface area contributed by atoms with Crippen LogP contribution in [-0.2, 0) is 6.42 Å². The van der Waals surface area contributed by atoms with E-state index in [-0.39, 0.29) is 36.5 Å². The van der Waals surface area contributed by atoms with Crippen molar-refractivity contribution in [2.45, 2.75) is 12.3 Å². The van der Waals surface area contributed by atoms with Gasteiger partial charge in [-0.05, 0) is 29.7 Å². The molecule has 0 amide bonds. The summed E-state index contributed by atoms with van der Waals surface area (Å²) in [5.41, 5.74) is 2.35. The molecule has 0 saturated heterocycles. The van der Waals surface area contributed by atoms with Crippen LogP contribution >= 0.6 is 24.0 Å². The van der Waals surface area contributed by atoms with Gasteiger partial charge >= 0.3 is 0 Å². The third kappa shape index (κ3) is 7.21. The van der Waals surface area contributed by atoms with Gasteiger partial charge in [0.15, 0.2) is 5.96 Å². The molecule has 142 valence electrons. The van der Waals surface area contributed by atoms with E-state index in [9.17, 15) is 5.11 Å². The highest BCUT2D eigenvalue weighted by atomic mass is 127. The van der Waals surface area contributed by atoms with Crippen LogP contribution in [0.15, 0.2) is 59.6 Å². The molecule has 0 saturated carbocycles. The fourth-order valence-electron chi connectivity index (χ4n) is 2.57. The molecule has 6 heteroatoms. The van der Waals surface area contributed by atoms with Gasteiger partial charge in [-0.2, -0.15) is 0 Å². The van der Waals surface area contributed by atoms with E-state index < -0.39 is 0 Å². The molecule has 3 N–H and O–H groups in total. The quantitative estimate of drug-likeness (QED) is 0.316. The Kier molecular flexibility index (Phi) is 10.7. The van der Waals surface area contributed by atoms with Crippen LogP contribution in [0.3, 0.4) is 0 Å². The van der Waals surface area contributed by atoms with Gasteiger partial charge in [0.1, 0.15) is 5.75 Å². The molecule has 2 rings (SSSR count). The lowest BCUT2D eigenvalue weighted by Gasteiger charge is -2.18. The predicted octanol–water partition coefficient (Wildman–Crippen LogP) is 2.80. The number of nitrogens with zero attached hydrogens (tertiary/aromatic N) is 1. The maximum absolute atomic E-state index is 9.62. The maximum atomic E-state index is 9.62. The van der Waals surface area contributed by atoms with E-state index in [1.807, 2.05) is 42.5 Å². The Balaban J connectivity index is 0.00000338. The topological polar surface area (TPSA) is 65.9 Å². The zero-order valence-electron chi connectivity index (χ0n) is 15.3. The first-order valence-electron chi connectivity index (χ1n) is 8.50. The molecule has 0 heterocycles. The van der Waals surface area contributed by atoms with Crippen LogP contribution in [-0.4, -0.2) is 44.9 Å². The number of halogens is 1. The van der Waals surface area contributed by atoms with Gasteiger partial charge in [-0.25, -0.2) is 0 Å². The van der Waals surface area contributed by atoms with Crippen LogP contribution in [0, 0.1) is 0 Å². The minimum absolute atomic E-state index is 0. The number of aliphatic hydroxyl groups excluding tert-OH is 1. The first kappa shape index (κ1) is 22.2. The number of ether oxygens (including phenoxy) is 1. The molecule has 0 fully saturated rings. The number of rotatable bonds is 8. The third-order valence-corrected chi connectivity index (χ3v) is 4.10. The van der Waals surface area contributed by atoms with Crippen molar-refractivity contribution in [2.24, 2.45) is 4.99 Å². The van der Waals surface area contributed by atoms with Crippen LogP contribution in [0.25, 0.3) is 0 Å². The number of aliphatic hydroxyl groups is 1. The van der Waals surface area contributed by atoms with E-state index in [2.05, 4.69) is 27.8 Å². The zero-order valence-corrected chi connectivity index (χ0v) is 17.6. The highest BCUT2D eigenvalue weighted by molar-refractivity contribution is 14.0. The van der Waals surface area contributed by atoms with Crippen molar-refractivity contribution in [3.63, 3.8) is 0 Å². The number of aliphatic imine (C=N–C) groups is 1. The van der Waals surface area contributed by atoms with Gasteiger partial charge in [0.05, 0.1) is 13.7 Å².